The molecule has 8 heteroatoms. The van der Waals surface area contributed by atoms with Gasteiger partial charge in [0.1, 0.15) is 5.69 Å². The summed E-state index contributed by atoms with van der Waals surface area (Å²) in [5, 5.41) is 7.42. The number of aromatic nitrogens is 3. The molecule has 176 valence electrons. The fraction of sp³-hybridized carbons (Fsp3) is 0.520. The van der Waals surface area contributed by atoms with Crippen LogP contribution in [0.4, 0.5) is 0 Å². The van der Waals surface area contributed by atoms with Gasteiger partial charge in [0.05, 0.1) is 23.7 Å². The molecule has 0 aliphatic carbocycles. The number of aryl methyl sites for hydroxylation is 1. The average molecular weight is 451 g/mol. The van der Waals surface area contributed by atoms with Crippen LogP contribution >= 0.6 is 0 Å². The van der Waals surface area contributed by atoms with E-state index in [4.69, 9.17) is 15.6 Å². The van der Waals surface area contributed by atoms with Gasteiger partial charge in [0.2, 0.25) is 5.89 Å². The molecule has 1 fully saturated rings. The summed E-state index contributed by atoms with van der Waals surface area (Å²) in [5.41, 5.74) is 8.18. The maximum Gasteiger partial charge on any atom is 0.270 e. The summed E-state index contributed by atoms with van der Waals surface area (Å²) in [6.45, 7) is 7.05. The summed E-state index contributed by atoms with van der Waals surface area (Å²) >= 11 is 0. The summed E-state index contributed by atoms with van der Waals surface area (Å²) in [6.07, 6.45) is 8.53. The SMILES string of the molecule is CC(CCCc1cccc2nc(Cc3ncc(C(=N)N)o3)c(=O)[nH]c12)N1C(C)CCCC1C. The van der Waals surface area contributed by atoms with Gasteiger partial charge in [0.25, 0.3) is 5.56 Å². The number of nitrogens with one attached hydrogen (secondary N) is 2. The lowest BCUT2D eigenvalue weighted by molar-refractivity contribution is 0.0580. The smallest absolute Gasteiger partial charge is 0.270 e. The molecule has 0 spiro atoms. The van der Waals surface area contributed by atoms with Gasteiger partial charge in [0, 0.05) is 18.1 Å². The van der Waals surface area contributed by atoms with Crippen molar-refractivity contribution in [2.45, 2.75) is 83.8 Å². The van der Waals surface area contributed by atoms with Crippen molar-refractivity contribution in [1.29, 1.82) is 5.41 Å². The highest BCUT2D eigenvalue weighted by Gasteiger charge is 2.28. The van der Waals surface area contributed by atoms with Gasteiger partial charge in [0.15, 0.2) is 11.6 Å². The summed E-state index contributed by atoms with van der Waals surface area (Å²) in [6, 6.07) is 7.82. The maximum absolute atomic E-state index is 12.7. The minimum absolute atomic E-state index is 0.145. The highest BCUT2D eigenvalue weighted by atomic mass is 16.4. The van der Waals surface area contributed by atoms with Crippen molar-refractivity contribution in [1.82, 2.24) is 19.9 Å². The monoisotopic (exact) mass is 450 g/mol. The van der Waals surface area contributed by atoms with Crippen LogP contribution in [0.2, 0.25) is 0 Å². The molecule has 1 aromatic carbocycles. The molecule has 0 bridgehead atoms. The van der Waals surface area contributed by atoms with Crippen LogP contribution in [0.15, 0.2) is 33.6 Å². The zero-order valence-electron chi connectivity index (χ0n) is 19.7. The Bertz CT molecular complexity index is 1170. The van der Waals surface area contributed by atoms with Crippen LogP contribution in [0.25, 0.3) is 11.0 Å². The van der Waals surface area contributed by atoms with E-state index in [1.165, 1.54) is 25.5 Å². The first-order chi connectivity index (χ1) is 15.8. The predicted molar refractivity (Wildman–Crippen MR) is 130 cm³/mol. The number of likely N-dealkylation sites (tertiary alicyclic amines) is 1. The van der Waals surface area contributed by atoms with Gasteiger partial charge in [-0.25, -0.2) is 9.97 Å². The van der Waals surface area contributed by atoms with Gasteiger partial charge in [-0.3, -0.25) is 15.1 Å². The average Bonchev–Trinajstić information content (AvgIpc) is 3.23. The van der Waals surface area contributed by atoms with E-state index in [1.807, 2.05) is 12.1 Å². The third-order valence-electron chi connectivity index (χ3n) is 6.86. The quantitative estimate of drug-likeness (QED) is 0.354. The summed E-state index contributed by atoms with van der Waals surface area (Å²) in [5.74, 6) is 0.299. The van der Waals surface area contributed by atoms with E-state index >= 15 is 0 Å². The van der Waals surface area contributed by atoms with Crippen LogP contribution in [-0.2, 0) is 12.8 Å². The molecule has 0 radical (unpaired) electrons. The summed E-state index contributed by atoms with van der Waals surface area (Å²) in [7, 11) is 0. The second-order valence-electron chi connectivity index (χ2n) is 9.35. The Kier molecular flexibility index (Phi) is 6.93. The number of oxazole rings is 1. The van der Waals surface area contributed by atoms with E-state index in [0.717, 1.165) is 35.9 Å². The minimum atomic E-state index is -0.248. The largest absolute Gasteiger partial charge is 0.437 e. The minimum Gasteiger partial charge on any atom is -0.437 e. The van der Waals surface area contributed by atoms with E-state index in [0.29, 0.717) is 29.7 Å². The lowest BCUT2D eigenvalue weighted by Crippen LogP contribution is -2.48. The fourth-order valence-corrected chi connectivity index (χ4v) is 5.24. The number of hydrogen-bond donors (Lipinski definition) is 3. The molecule has 4 N–H and O–H groups in total. The van der Waals surface area contributed by atoms with Crippen LogP contribution < -0.4 is 11.3 Å². The van der Waals surface area contributed by atoms with Crippen molar-refractivity contribution in [2.24, 2.45) is 5.73 Å². The van der Waals surface area contributed by atoms with Gasteiger partial charge in [-0.05, 0) is 64.5 Å². The van der Waals surface area contributed by atoms with Crippen molar-refractivity contribution >= 4 is 16.9 Å². The topological polar surface area (TPSA) is 125 Å². The van der Waals surface area contributed by atoms with Crippen molar-refractivity contribution in [2.75, 3.05) is 0 Å². The normalized spacial score (nSPS) is 20.2. The molecule has 3 heterocycles. The van der Waals surface area contributed by atoms with Crippen molar-refractivity contribution in [3.8, 4) is 0 Å². The van der Waals surface area contributed by atoms with Gasteiger partial charge in [-0.15, -0.1) is 0 Å². The Labute approximate surface area is 194 Å². The second kappa shape index (κ2) is 9.87. The van der Waals surface area contributed by atoms with E-state index in [-0.39, 0.29) is 23.6 Å². The Morgan fingerprint density at radius 2 is 2.09 bits per heavy atom. The number of para-hydroxylation sites is 1. The first kappa shape index (κ1) is 23.2. The summed E-state index contributed by atoms with van der Waals surface area (Å²) < 4.78 is 5.42. The van der Waals surface area contributed by atoms with Gasteiger partial charge in [-0.1, -0.05) is 18.6 Å². The molecule has 33 heavy (non-hydrogen) atoms. The van der Waals surface area contributed by atoms with Gasteiger partial charge >= 0.3 is 0 Å². The number of nitrogens with zero attached hydrogens (tertiary/aromatic N) is 3. The molecular weight excluding hydrogens is 416 g/mol. The molecule has 1 saturated heterocycles. The van der Waals surface area contributed by atoms with E-state index in [1.54, 1.807) is 0 Å². The number of rotatable bonds is 8. The highest BCUT2D eigenvalue weighted by Crippen LogP contribution is 2.27. The number of nitrogens with two attached hydrogens (primary N) is 1. The first-order valence-corrected chi connectivity index (χ1v) is 11.9. The molecule has 3 aromatic rings. The molecule has 8 nitrogen and oxygen atoms in total. The lowest BCUT2D eigenvalue weighted by atomic mass is 9.93. The third kappa shape index (κ3) is 5.16. The Morgan fingerprint density at radius 1 is 1.33 bits per heavy atom. The van der Waals surface area contributed by atoms with Crippen molar-refractivity contribution in [3.63, 3.8) is 0 Å². The number of nitrogen functional groups attached to an aromatic ring is 1. The fourth-order valence-electron chi connectivity index (χ4n) is 5.24. The molecule has 1 aliphatic heterocycles. The molecule has 0 amide bonds. The number of hydrogen-bond acceptors (Lipinski definition) is 6. The Morgan fingerprint density at radius 3 is 2.79 bits per heavy atom. The van der Waals surface area contributed by atoms with Crippen LogP contribution in [0, 0.1) is 5.41 Å². The lowest BCUT2D eigenvalue weighted by Gasteiger charge is -2.43. The highest BCUT2D eigenvalue weighted by molar-refractivity contribution is 5.91. The van der Waals surface area contributed by atoms with Gasteiger partial charge < -0.3 is 15.1 Å². The van der Waals surface area contributed by atoms with E-state index in [2.05, 4.69) is 46.7 Å². The van der Waals surface area contributed by atoms with Crippen LogP contribution in [0.3, 0.4) is 0 Å². The van der Waals surface area contributed by atoms with Gasteiger partial charge in [-0.2, -0.15) is 0 Å². The second-order valence-corrected chi connectivity index (χ2v) is 9.35. The first-order valence-electron chi connectivity index (χ1n) is 11.9. The number of fused-ring (bicyclic) bond motifs is 1. The predicted octanol–water partition coefficient (Wildman–Crippen LogP) is 3.76. The molecule has 3 unspecified atom stereocenters. The Balaban J connectivity index is 1.46. The van der Waals surface area contributed by atoms with Crippen molar-refractivity contribution in [3.05, 3.63) is 57.7 Å². The molecular formula is C25H34N6O2. The maximum atomic E-state index is 12.7. The standard InChI is InChI=1S/C25H34N6O2/c1-15-7-4-8-16(2)31(15)17(3)9-5-10-18-11-6-12-19-23(18)30-25(32)20(29-19)13-22-28-14-21(33-22)24(26)27/h6,11-12,14-17H,4-5,7-10,13H2,1-3H3,(H3,26,27)(H,30,32). The zero-order valence-corrected chi connectivity index (χ0v) is 19.7. The zero-order chi connectivity index (χ0) is 23.5. The molecule has 4 rings (SSSR count). The Hall–Kier alpha value is -3.00. The van der Waals surface area contributed by atoms with Crippen LogP contribution in [0.5, 0.6) is 0 Å². The van der Waals surface area contributed by atoms with E-state index < -0.39 is 0 Å². The van der Waals surface area contributed by atoms with Crippen LogP contribution in [-0.4, -0.2) is 43.8 Å². The molecule has 2 aromatic heterocycles. The molecule has 3 atom stereocenters. The third-order valence-corrected chi connectivity index (χ3v) is 6.86. The van der Waals surface area contributed by atoms with Crippen LogP contribution in [0.1, 0.15) is 75.8 Å². The number of benzene rings is 1. The number of aromatic amines is 1. The molecule has 1 aliphatic rings. The number of amidine groups is 1. The summed E-state index contributed by atoms with van der Waals surface area (Å²) in [4.78, 5) is 27.1. The molecule has 0 saturated carbocycles. The number of H-pyrrole nitrogens is 1. The van der Waals surface area contributed by atoms with E-state index in [9.17, 15) is 4.79 Å². The van der Waals surface area contributed by atoms with Crippen molar-refractivity contribution < 1.29 is 4.42 Å². The number of piperidine rings is 1.